The first kappa shape index (κ1) is 18.8. The van der Waals surface area contributed by atoms with Crippen molar-refractivity contribution < 1.29 is 23.4 Å². The highest BCUT2D eigenvalue weighted by molar-refractivity contribution is 5.90. The molecule has 1 saturated heterocycles. The second-order valence-corrected chi connectivity index (χ2v) is 6.25. The number of ether oxygens (including phenoxy) is 3. The zero-order valence-electron chi connectivity index (χ0n) is 15.6. The molecule has 3 rings (SSSR count). The molecule has 1 N–H and O–H groups in total. The van der Waals surface area contributed by atoms with Crippen LogP contribution in [0.2, 0.25) is 0 Å². The minimum absolute atomic E-state index is 0.0763. The normalized spacial score (nSPS) is 16.1. The van der Waals surface area contributed by atoms with Gasteiger partial charge in [-0.2, -0.15) is 0 Å². The van der Waals surface area contributed by atoms with E-state index in [1.165, 1.54) is 33.5 Å². The zero-order valence-corrected chi connectivity index (χ0v) is 15.6. The molecule has 27 heavy (non-hydrogen) atoms. The van der Waals surface area contributed by atoms with Gasteiger partial charge in [0.2, 0.25) is 5.75 Å². The van der Waals surface area contributed by atoms with Gasteiger partial charge in [0.15, 0.2) is 11.5 Å². The Bertz CT molecular complexity index is 785. The standard InChI is InChI=1S/C20H23FN2O4/c1-25-17-11-15(12-18(26-2)19(17)27-3)22-20(24)23-10-4-5-16(23)13-6-8-14(21)9-7-13/h6-9,11-12,16H,4-5,10H2,1-3H3,(H,22,24)/t16-/m1/s1. The van der Waals surface area contributed by atoms with Gasteiger partial charge in [-0.15, -0.1) is 0 Å². The highest BCUT2D eigenvalue weighted by atomic mass is 19.1. The molecule has 6 nitrogen and oxygen atoms in total. The summed E-state index contributed by atoms with van der Waals surface area (Å²) in [5, 5.41) is 2.89. The van der Waals surface area contributed by atoms with E-state index in [9.17, 15) is 9.18 Å². The van der Waals surface area contributed by atoms with Gasteiger partial charge in [-0.1, -0.05) is 12.1 Å². The van der Waals surface area contributed by atoms with E-state index in [-0.39, 0.29) is 17.9 Å². The first-order valence-electron chi connectivity index (χ1n) is 8.70. The van der Waals surface area contributed by atoms with E-state index in [0.717, 1.165) is 18.4 Å². The van der Waals surface area contributed by atoms with Crippen LogP contribution in [-0.2, 0) is 0 Å². The van der Waals surface area contributed by atoms with Crippen molar-refractivity contribution in [2.45, 2.75) is 18.9 Å². The highest BCUT2D eigenvalue weighted by Gasteiger charge is 2.30. The summed E-state index contributed by atoms with van der Waals surface area (Å²) >= 11 is 0. The predicted octanol–water partition coefficient (Wildman–Crippen LogP) is 4.22. The van der Waals surface area contributed by atoms with Gasteiger partial charge in [0.05, 0.1) is 33.1 Å². The molecule has 0 radical (unpaired) electrons. The number of anilines is 1. The lowest BCUT2D eigenvalue weighted by Crippen LogP contribution is -2.34. The number of methoxy groups -OCH3 is 3. The zero-order chi connectivity index (χ0) is 19.4. The van der Waals surface area contributed by atoms with Gasteiger partial charge in [0.25, 0.3) is 0 Å². The molecule has 1 aliphatic heterocycles. The molecule has 0 aromatic heterocycles. The van der Waals surface area contributed by atoms with Crippen LogP contribution in [0.5, 0.6) is 17.2 Å². The molecule has 0 unspecified atom stereocenters. The van der Waals surface area contributed by atoms with Gasteiger partial charge in [-0.25, -0.2) is 9.18 Å². The molecule has 0 aliphatic carbocycles. The van der Waals surface area contributed by atoms with Gasteiger partial charge in [0.1, 0.15) is 5.82 Å². The average Bonchev–Trinajstić information content (AvgIpc) is 3.17. The molecule has 2 amide bonds. The van der Waals surface area contributed by atoms with Crippen LogP contribution in [0.1, 0.15) is 24.4 Å². The molecule has 1 atom stereocenters. The Labute approximate surface area is 157 Å². The summed E-state index contributed by atoms with van der Waals surface area (Å²) in [7, 11) is 4.57. The quantitative estimate of drug-likeness (QED) is 0.851. The molecule has 0 bridgehead atoms. The number of amides is 2. The van der Waals surface area contributed by atoms with E-state index in [0.29, 0.717) is 29.5 Å². The maximum absolute atomic E-state index is 13.2. The molecule has 2 aromatic rings. The van der Waals surface area contributed by atoms with Gasteiger partial charge < -0.3 is 24.4 Å². The first-order valence-corrected chi connectivity index (χ1v) is 8.70. The van der Waals surface area contributed by atoms with Crippen LogP contribution in [0.4, 0.5) is 14.9 Å². The summed E-state index contributed by atoms with van der Waals surface area (Å²) in [6.45, 7) is 0.637. The number of halogens is 1. The van der Waals surface area contributed by atoms with Gasteiger partial charge in [-0.05, 0) is 30.5 Å². The van der Waals surface area contributed by atoms with E-state index in [4.69, 9.17) is 14.2 Å². The number of nitrogens with one attached hydrogen (secondary N) is 1. The Morgan fingerprint density at radius 3 is 2.26 bits per heavy atom. The Hall–Kier alpha value is -2.96. The number of benzene rings is 2. The smallest absolute Gasteiger partial charge is 0.322 e. The molecule has 2 aromatic carbocycles. The van der Waals surface area contributed by atoms with E-state index in [1.807, 2.05) is 0 Å². The van der Waals surface area contributed by atoms with Crippen molar-refractivity contribution in [3.8, 4) is 17.2 Å². The molecule has 0 spiro atoms. The number of rotatable bonds is 5. The van der Waals surface area contributed by atoms with Crippen molar-refractivity contribution in [2.75, 3.05) is 33.2 Å². The minimum atomic E-state index is -0.287. The summed E-state index contributed by atoms with van der Waals surface area (Å²) in [6.07, 6.45) is 1.74. The molecule has 144 valence electrons. The molecular formula is C20H23FN2O4. The van der Waals surface area contributed by atoms with Crippen LogP contribution < -0.4 is 19.5 Å². The topological polar surface area (TPSA) is 60.0 Å². The molecule has 1 aliphatic rings. The van der Waals surface area contributed by atoms with Gasteiger partial charge >= 0.3 is 6.03 Å². The number of carbonyl (C=O) groups is 1. The lowest BCUT2D eigenvalue weighted by atomic mass is 10.0. The number of urea groups is 1. The lowest BCUT2D eigenvalue weighted by molar-refractivity contribution is 0.207. The van der Waals surface area contributed by atoms with Crippen molar-refractivity contribution in [1.29, 1.82) is 0 Å². The Morgan fingerprint density at radius 2 is 1.70 bits per heavy atom. The third-order valence-electron chi connectivity index (χ3n) is 4.68. The number of carbonyl (C=O) groups excluding carboxylic acids is 1. The fourth-order valence-electron chi connectivity index (χ4n) is 3.39. The Balaban J connectivity index is 1.81. The summed E-state index contributed by atoms with van der Waals surface area (Å²) in [5.41, 5.74) is 1.47. The fourth-order valence-corrected chi connectivity index (χ4v) is 3.39. The number of hydrogen-bond donors (Lipinski definition) is 1. The van der Waals surface area contributed by atoms with Crippen molar-refractivity contribution in [1.82, 2.24) is 4.90 Å². The van der Waals surface area contributed by atoms with E-state index < -0.39 is 0 Å². The van der Waals surface area contributed by atoms with Crippen LogP contribution in [0.3, 0.4) is 0 Å². The van der Waals surface area contributed by atoms with Crippen molar-refractivity contribution in [2.24, 2.45) is 0 Å². The van der Waals surface area contributed by atoms with Crippen LogP contribution in [0.25, 0.3) is 0 Å². The fraction of sp³-hybridized carbons (Fsp3) is 0.350. The largest absolute Gasteiger partial charge is 0.493 e. The third kappa shape index (κ3) is 3.92. The number of likely N-dealkylation sites (tertiary alicyclic amines) is 1. The molecular weight excluding hydrogens is 351 g/mol. The minimum Gasteiger partial charge on any atom is -0.493 e. The second-order valence-electron chi connectivity index (χ2n) is 6.25. The average molecular weight is 374 g/mol. The van der Waals surface area contributed by atoms with Crippen LogP contribution in [-0.4, -0.2) is 38.8 Å². The molecule has 1 heterocycles. The molecule has 0 saturated carbocycles. The Morgan fingerprint density at radius 1 is 1.07 bits per heavy atom. The first-order chi connectivity index (χ1) is 13.1. The SMILES string of the molecule is COc1cc(NC(=O)N2CCC[C@@H]2c2ccc(F)cc2)cc(OC)c1OC. The van der Waals surface area contributed by atoms with Crippen LogP contribution in [0, 0.1) is 5.82 Å². The maximum atomic E-state index is 13.2. The predicted molar refractivity (Wildman–Crippen MR) is 100 cm³/mol. The molecule has 7 heteroatoms. The van der Waals surface area contributed by atoms with E-state index >= 15 is 0 Å². The lowest BCUT2D eigenvalue weighted by Gasteiger charge is -2.25. The van der Waals surface area contributed by atoms with E-state index in [2.05, 4.69) is 5.32 Å². The van der Waals surface area contributed by atoms with E-state index in [1.54, 1.807) is 29.2 Å². The summed E-state index contributed by atoms with van der Waals surface area (Å²) in [5.74, 6) is 1.10. The Kier molecular flexibility index (Phi) is 5.69. The summed E-state index contributed by atoms with van der Waals surface area (Å²) < 4.78 is 29.1. The summed E-state index contributed by atoms with van der Waals surface area (Å²) in [6, 6.07) is 9.36. The molecule has 1 fully saturated rings. The van der Waals surface area contributed by atoms with Gasteiger partial charge in [-0.3, -0.25) is 0 Å². The van der Waals surface area contributed by atoms with Crippen LogP contribution in [0.15, 0.2) is 36.4 Å². The number of hydrogen-bond acceptors (Lipinski definition) is 4. The van der Waals surface area contributed by atoms with Crippen molar-refractivity contribution in [3.63, 3.8) is 0 Å². The monoisotopic (exact) mass is 374 g/mol. The van der Waals surface area contributed by atoms with Gasteiger partial charge in [0, 0.05) is 18.7 Å². The number of nitrogens with zero attached hydrogens (tertiary/aromatic N) is 1. The van der Waals surface area contributed by atoms with Crippen molar-refractivity contribution in [3.05, 3.63) is 47.8 Å². The third-order valence-corrected chi connectivity index (χ3v) is 4.68. The second kappa shape index (κ2) is 8.16. The highest BCUT2D eigenvalue weighted by Crippen LogP contribution is 2.40. The maximum Gasteiger partial charge on any atom is 0.322 e. The summed E-state index contributed by atoms with van der Waals surface area (Å²) in [4.78, 5) is 14.6. The van der Waals surface area contributed by atoms with Crippen LogP contribution >= 0.6 is 0 Å². The van der Waals surface area contributed by atoms with Crippen molar-refractivity contribution >= 4 is 11.7 Å².